The molecular weight excluding hydrogens is 336 g/mol. The molecule has 1 aliphatic heterocycles. The summed E-state index contributed by atoms with van der Waals surface area (Å²) in [7, 11) is 0. The van der Waals surface area contributed by atoms with Gasteiger partial charge in [0.2, 0.25) is 5.91 Å². The van der Waals surface area contributed by atoms with Crippen molar-refractivity contribution in [3.8, 4) is 0 Å². The Hall–Kier alpha value is -2.43. The minimum atomic E-state index is -0.119. The average molecular weight is 364 g/mol. The third kappa shape index (κ3) is 6.05. The van der Waals surface area contributed by atoms with E-state index in [9.17, 15) is 4.79 Å². The molecule has 27 heavy (non-hydrogen) atoms. The fraction of sp³-hybridized carbons (Fsp3) is 0.348. The van der Waals surface area contributed by atoms with Crippen LogP contribution in [0.3, 0.4) is 0 Å². The van der Waals surface area contributed by atoms with Gasteiger partial charge in [0.25, 0.3) is 0 Å². The van der Waals surface area contributed by atoms with E-state index in [4.69, 9.17) is 4.74 Å². The van der Waals surface area contributed by atoms with Crippen LogP contribution in [0.5, 0.6) is 0 Å². The fourth-order valence-electron chi connectivity index (χ4n) is 3.11. The SMILES string of the molecule is CC(C)c1ccc(/C=C/C(=O)Nc2cccc(CN3CCOCC3)c2)cc1. The van der Waals surface area contributed by atoms with E-state index in [2.05, 4.69) is 42.3 Å². The minimum Gasteiger partial charge on any atom is -0.379 e. The zero-order valence-electron chi connectivity index (χ0n) is 16.2. The Morgan fingerprint density at radius 2 is 1.89 bits per heavy atom. The number of nitrogens with one attached hydrogen (secondary N) is 1. The van der Waals surface area contributed by atoms with E-state index >= 15 is 0 Å². The summed E-state index contributed by atoms with van der Waals surface area (Å²) in [5.74, 6) is 0.391. The van der Waals surface area contributed by atoms with E-state index < -0.39 is 0 Å². The van der Waals surface area contributed by atoms with Gasteiger partial charge < -0.3 is 10.1 Å². The number of anilines is 1. The van der Waals surface area contributed by atoms with Gasteiger partial charge in [-0.25, -0.2) is 0 Å². The molecule has 0 radical (unpaired) electrons. The molecule has 0 bridgehead atoms. The molecule has 3 rings (SSSR count). The number of hydrogen-bond acceptors (Lipinski definition) is 3. The molecule has 0 aliphatic carbocycles. The Labute approximate surface area is 161 Å². The molecule has 0 aromatic heterocycles. The molecule has 4 nitrogen and oxygen atoms in total. The smallest absolute Gasteiger partial charge is 0.248 e. The first kappa shape index (κ1) is 19.3. The first-order valence-electron chi connectivity index (χ1n) is 9.58. The third-order valence-corrected chi connectivity index (χ3v) is 4.73. The zero-order chi connectivity index (χ0) is 19.1. The first-order chi connectivity index (χ1) is 13.1. The maximum Gasteiger partial charge on any atom is 0.248 e. The highest BCUT2D eigenvalue weighted by Gasteiger charge is 2.11. The summed E-state index contributed by atoms with van der Waals surface area (Å²) < 4.78 is 5.39. The van der Waals surface area contributed by atoms with E-state index in [1.54, 1.807) is 6.08 Å². The molecule has 2 aromatic rings. The van der Waals surface area contributed by atoms with Crippen molar-refractivity contribution in [3.63, 3.8) is 0 Å². The number of amides is 1. The van der Waals surface area contributed by atoms with Gasteiger partial charge in [-0.05, 0) is 40.8 Å². The van der Waals surface area contributed by atoms with Crippen molar-refractivity contribution in [1.29, 1.82) is 0 Å². The van der Waals surface area contributed by atoms with Crippen LogP contribution in [-0.2, 0) is 16.1 Å². The standard InChI is InChI=1S/C23H28N2O2/c1-18(2)21-9-6-19(7-10-21)8-11-23(26)24-22-5-3-4-20(16-22)17-25-12-14-27-15-13-25/h3-11,16,18H,12-15,17H2,1-2H3,(H,24,26)/b11-8+. The summed E-state index contributed by atoms with van der Waals surface area (Å²) in [5, 5.41) is 2.95. The Morgan fingerprint density at radius 1 is 1.15 bits per heavy atom. The summed E-state index contributed by atoms with van der Waals surface area (Å²) in [5.41, 5.74) is 4.35. The highest BCUT2D eigenvalue weighted by atomic mass is 16.5. The monoisotopic (exact) mass is 364 g/mol. The van der Waals surface area contributed by atoms with Crippen molar-refractivity contribution >= 4 is 17.7 Å². The van der Waals surface area contributed by atoms with Crippen LogP contribution in [0.15, 0.2) is 54.6 Å². The molecule has 1 aliphatic rings. The lowest BCUT2D eigenvalue weighted by molar-refractivity contribution is -0.111. The van der Waals surface area contributed by atoms with Crippen LogP contribution in [0.1, 0.15) is 36.5 Å². The van der Waals surface area contributed by atoms with E-state index in [1.807, 2.05) is 36.4 Å². The summed E-state index contributed by atoms with van der Waals surface area (Å²) in [6.45, 7) is 8.71. The number of morpholine rings is 1. The van der Waals surface area contributed by atoms with Crippen molar-refractivity contribution in [2.75, 3.05) is 31.6 Å². The van der Waals surface area contributed by atoms with Gasteiger partial charge in [-0.15, -0.1) is 0 Å². The normalized spacial score (nSPS) is 15.4. The van der Waals surface area contributed by atoms with Gasteiger partial charge >= 0.3 is 0 Å². The van der Waals surface area contributed by atoms with Gasteiger partial charge in [0.05, 0.1) is 13.2 Å². The summed E-state index contributed by atoms with van der Waals surface area (Å²) in [6.07, 6.45) is 3.43. The number of carbonyl (C=O) groups excluding carboxylic acids is 1. The first-order valence-corrected chi connectivity index (χ1v) is 9.58. The van der Waals surface area contributed by atoms with Crippen LogP contribution in [0, 0.1) is 0 Å². The number of nitrogens with zero attached hydrogens (tertiary/aromatic N) is 1. The Kier molecular flexibility index (Phi) is 6.80. The Morgan fingerprint density at radius 3 is 2.59 bits per heavy atom. The maximum atomic E-state index is 12.2. The second kappa shape index (κ2) is 9.49. The Bertz CT molecular complexity index is 775. The molecular formula is C23H28N2O2. The molecule has 0 saturated carbocycles. The van der Waals surface area contributed by atoms with E-state index in [1.165, 1.54) is 11.1 Å². The van der Waals surface area contributed by atoms with Gasteiger partial charge in [-0.2, -0.15) is 0 Å². The number of benzene rings is 2. The summed E-state index contributed by atoms with van der Waals surface area (Å²) in [4.78, 5) is 14.6. The van der Waals surface area contributed by atoms with E-state index in [0.29, 0.717) is 5.92 Å². The molecule has 2 aromatic carbocycles. The molecule has 0 atom stereocenters. The molecule has 4 heteroatoms. The largest absolute Gasteiger partial charge is 0.379 e. The molecule has 1 heterocycles. The number of rotatable bonds is 6. The number of carbonyl (C=O) groups is 1. The zero-order valence-corrected chi connectivity index (χ0v) is 16.2. The quantitative estimate of drug-likeness (QED) is 0.777. The molecule has 142 valence electrons. The third-order valence-electron chi connectivity index (χ3n) is 4.73. The van der Waals surface area contributed by atoms with Gasteiger partial charge in [-0.3, -0.25) is 9.69 Å². The van der Waals surface area contributed by atoms with Gasteiger partial charge in [0.1, 0.15) is 0 Å². The lowest BCUT2D eigenvalue weighted by Crippen LogP contribution is -2.35. The summed E-state index contributed by atoms with van der Waals surface area (Å²) in [6, 6.07) is 16.3. The molecule has 1 fully saturated rings. The van der Waals surface area contributed by atoms with Crippen molar-refractivity contribution in [2.45, 2.75) is 26.3 Å². The molecule has 1 N–H and O–H groups in total. The van der Waals surface area contributed by atoms with Crippen molar-refractivity contribution in [3.05, 3.63) is 71.3 Å². The maximum absolute atomic E-state index is 12.2. The highest BCUT2D eigenvalue weighted by Crippen LogP contribution is 2.16. The van der Waals surface area contributed by atoms with Crippen LogP contribution in [0.25, 0.3) is 6.08 Å². The van der Waals surface area contributed by atoms with Crippen molar-refractivity contribution in [1.82, 2.24) is 4.90 Å². The van der Waals surface area contributed by atoms with Gasteiger partial charge in [0.15, 0.2) is 0 Å². The number of ether oxygens (including phenoxy) is 1. The lowest BCUT2D eigenvalue weighted by Gasteiger charge is -2.26. The highest BCUT2D eigenvalue weighted by molar-refractivity contribution is 6.01. The fourth-order valence-corrected chi connectivity index (χ4v) is 3.11. The van der Waals surface area contributed by atoms with E-state index in [-0.39, 0.29) is 5.91 Å². The second-order valence-electron chi connectivity index (χ2n) is 7.23. The van der Waals surface area contributed by atoms with Crippen molar-refractivity contribution < 1.29 is 9.53 Å². The lowest BCUT2D eigenvalue weighted by atomic mass is 10.0. The summed E-state index contributed by atoms with van der Waals surface area (Å²) >= 11 is 0. The molecule has 1 amide bonds. The molecule has 1 saturated heterocycles. The van der Waals surface area contributed by atoms with Crippen LogP contribution >= 0.6 is 0 Å². The topological polar surface area (TPSA) is 41.6 Å². The minimum absolute atomic E-state index is 0.119. The predicted octanol–water partition coefficient (Wildman–Crippen LogP) is 4.29. The van der Waals surface area contributed by atoms with Crippen LogP contribution in [-0.4, -0.2) is 37.1 Å². The Balaban J connectivity index is 1.56. The second-order valence-corrected chi connectivity index (χ2v) is 7.23. The number of hydrogen-bond donors (Lipinski definition) is 1. The van der Waals surface area contributed by atoms with Crippen LogP contribution in [0.4, 0.5) is 5.69 Å². The predicted molar refractivity (Wildman–Crippen MR) is 111 cm³/mol. The van der Waals surface area contributed by atoms with E-state index in [0.717, 1.165) is 44.1 Å². The average Bonchev–Trinajstić information content (AvgIpc) is 2.68. The molecule has 0 spiro atoms. The van der Waals surface area contributed by atoms with Crippen LogP contribution in [0.2, 0.25) is 0 Å². The van der Waals surface area contributed by atoms with Gasteiger partial charge in [0, 0.05) is 31.4 Å². The van der Waals surface area contributed by atoms with Gasteiger partial charge in [-0.1, -0.05) is 50.2 Å². The van der Waals surface area contributed by atoms with Crippen LogP contribution < -0.4 is 5.32 Å². The van der Waals surface area contributed by atoms with Crippen molar-refractivity contribution in [2.24, 2.45) is 0 Å². The molecule has 0 unspecified atom stereocenters.